The van der Waals surface area contributed by atoms with Crippen molar-refractivity contribution in [1.82, 2.24) is 49.5 Å². The van der Waals surface area contributed by atoms with Crippen LogP contribution < -0.4 is 10.6 Å². The predicted octanol–water partition coefficient (Wildman–Crippen LogP) is 8.38. The first-order valence-corrected chi connectivity index (χ1v) is 26.2. The summed E-state index contributed by atoms with van der Waals surface area (Å²) in [6.45, 7) is 14.3. The lowest BCUT2D eigenvalue weighted by molar-refractivity contribution is 0.0615. The first-order valence-electron chi connectivity index (χ1n) is 21.8. The molecule has 2 aliphatic rings. The van der Waals surface area contributed by atoms with Crippen LogP contribution in [0.15, 0.2) is 97.3 Å². The van der Waals surface area contributed by atoms with Gasteiger partial charge in [0.15, 0.2) is 17.5 Å². The summed E-state index contributed by atoms with van der Waals surface area (Å²) >= 11 is 11.6. The average molecular weight is 960 g/mol. The van der Waals surface area contributed by atoms with Crippen molar-refractivity contribution in [1.29, 1.82) is 0 Å². The van der Waals surface area contributed by atoms with Crippen LogP contribution in [0.5, 0.6) is 0 Å². The number of carbonyl (C=O) groups is 2. The molecule has 0 unspecified atom stereocenters. The summed E-state index contributed by atoms with van der Waals surface area (Å²) < 4.78 is 35.9. The number of piperazine rings is 2. The molecule has 66 heavy (non-hydrogen) atoms. The Morgan fingerprint density at radius 3 is 1.70 bits per heavy atom. The van der Waals surface area contributed by atoms with Crippen LogP contribution >= 0.6 is 23.2 Å². The summed E-state index contributed by atoms with van der Waals surface area (Å²) in [6.07, 6.45) is 3.55. The number of carbonyl (C=O) groups excluding carboxylic acids is 2. The maximum absolute atomic E-state index is 14.3. The number of hydrogen-bond donors (Lipinski definition) is 3. The van der Waals surface area contributed by atoms with Gasteiger partial charge in [-0.2, -0.15) is 10.2 Å². The van der Waals surface area contributed by atoms with Crippen molar-refractivity contribution in [2.75, 3.05) is 69.6 Å². The van der Waals surface area contributed by atoms with Crippen molar-refractivity contribution < 1.29 is 23.1 Å². The highest BCUT2D eigenvalue weighted by Gasteiger charge is 2.27. The van der Waals surface area contributed by atoms with Gasteiger partial charge in [-0.15, -0.1) is 0 Å². The Labute approximate surface area is 394 Å². The second-order valence-electron chi connectivity index (χ2n) is 17.2. The lowest BCUT2D eigenvalue weighted by atomic mass is 10.1. The second-order valence-corrected chi connectivity index (χ2v) is 23.6. The molecule has 6 heterocycles. The van der Waals surface area contributed by atoms with Crippen LogP contribution in [0.4, 0.5) is 32.1 Å². The van der Waals surface area contributed by atoms with Crippen LogP contribution in [-0.4, -0.2) is 128 Å². The first kappa shape index (κ1) is 48.2. The van der Waals surface area contributed by atoms with Gasteiger partial charge in [-0.3, -0.25) is 24.5 Å². The van der Waals surface area contributed by atoms with E-state index in [4.69, 9.17) is 32.9 Å². The van der Waals surface area contributed by atoms with Gasteiger partial charge in [0.05, 0.1) is 38.8 Å². The average Bonchev–Trinajstić information content (AvgIpc) is 3.99. The van der Waals surface area contributed by atoms with Gasteiger partial charge >= 0.3 is 0 Å². The minimum absolute atomic E-state index is 0.0157. The molecular formula is C46H54Cl2F2N12O3Si. The van der Waals surface area contributed by atoms with Gasteiger partial charge in [-0.05, 0) is 54.6 Å². The molecule has 8 rings (SSSR count). The van der Waals surface area contributed by atoms with Gasteiger partial charge in [0.25, 0.3) is 11.8 Å². The number of aromatic amines is 1. The molecule has 0 saturated carbocycles. The zero-order valence-electron chi connectivity index (χ0n) is 37.2. The lowest BCUT2D eigenvalue weighted by Gasteiger charge is -2.34. The molecular weight excluding hydrogens is 906 g/mol. The van der Waals surface area contributed by atoms with E-state index in [0.29, 0.717) is 83.8 Å². The number of pyridine rings is 2. The Morgan fingerprint density at radius 2 is 1.20 bits per heavy atom. The molecule has 0 bridgehead atoms. The Morgan fingerprint density at radius 1 is 0.682 bits per heavy atom. The van der Waals surface area contributed by atoms with Crippen LogP contribution in [0.3, 0.4) is 0 Å². The van der Waals surface area contributed by atoms with Gasteiger partial charge in [0.1, 0.15) is 24.2 Å². The van der Waals surface area contributed by atoms with Gasteiger partial charge in [0.2, 0.25) is 0 Å². The van der Waals surface area contributed by atoms with Gasteiger partial charge < -0.3 is 25.2 Å². The van der Waals surface area contributed by atoms with E-state index >= 15 is 0 Å². The zero-order valence-corrected chi connectivity index (χ0v) is 39.7. The molecule has 2 saturated heterocycles. The van der Waals surface area contributed by atoms with E-state index in [1.54, 1.807) is 32.8 Å². The number of anilines is 4. The molecule has 0 spiro atoms. The molecule has 15 nitrogen and oxygen atoms in total. The van der Waals surface area contributed by atoms with E-state index in [0.717, 1.165) is 35.7 Å². The fourth-order valence-corrected chi connectivity index (χ4v) is 8.37. The third-order valence-electron chi connectivity index (χ3n) is 10.9. The molecule has 348 valence electrons. The molecule has 3 N–H and O–H groups in total. The van der Waals surface area contributed by atoms with E-state index in [1.165, 1.54) is 24.3 Å². The SMILES string of the molecule is C[Si](C)(C)CCOCn1ccc(Nc2cccc(CN3CCN(C(=O)c4cccc(Cl)c4F)CC3)n2)n1.O=C(c1cccc(Cl)c1F)N1CCN(Cc2cccc(Nc3ccn[nH]3)n2)CC1. The van der Waals surface area contributed by atoms with Crippen LogP contribution in [-0.2, 0) is 24.6 Å². The summed E-state index contributed by atoms with van der Waals surface area (Å²) in [5.74, 6) is 0.953. The number of nitrogens with zero attached hydrogens (tertiary/aromatic N) is 9. The van der Waals surface area contributed by atoms with E-state index in [-0.39, 0.29) is 33.0 Å². The van der Waals surface area contributed by atoms with E-state index < -0.39 is 19.7 Å². The van der Waals surface area contributed by atoms with Crippen LogP contribution in [0.1, 0.15) is 32.1 Å². The summed E-state index contributed by atoms with van der Waals surface area (Å²) in [4.78, 5) is 42.5. The Kier molecular flexibility index (Phi) is 16.5. The number of H-pyrrole nitrogens is 1. The highest BCUT2D eigenvalue weighted by molar-refractivity contribution is 6.76. The fourth-order valence-electron chi connectivity index (χ4n) is 7.26. The smallest absolute Gasteiger partial charge is 0.256 e. The number of hydrogen-bond acceptors (Lipinski definition) is 11. The van der Waals surface area contributed by atoms with Gasteiger partial charge in [-0.25, -0.2) is 23.4 Å². The lowest BCUT2D eigenvalue weighted by Crippen LogP contribution is -2.48. The molecule has 2 amide bonds. The van der Waals surface area contributed by atoms with Crippen LogP contribution in [0, 0.1) is 11.6 Å². The normalized spacial score (nSPS) is 14.7. The quantitative estimate of drug-likeness (QED) is 0.0673. The standard InChI is InChI=1S/C26H34ClFN6O2Si.C20H20ClFN6O/c1-37(2,3)17-16-36-19-34-11-10-24(31-34)30-23-9-4-6-20(29-23)18-32-12-14-33(15-13-32)26(35)21-7-5-8-22(27)25(21)28;21-16-5-2-4-15(19(16)22)20(29)28-11-9-27(10-12-28)13-14-3-1-6-17(24-14)25-18-7-8-23-26-18/h4-11H,12-19H2,1-3H3,(H,29,30,31);1-8H,9-13H2,(H2,23,24,25,26). The molecule has 2 aromatic carbocycles. The maximum Gasteiger partial charge on any atom is 0.256 e. The predicted molar refractivity (Wildman–Crippen MR) is 255 cm³/mol. The summed E-state index contributed by atoms with van der Waals surface area (Å²) in [7, 11) is -1.10. The van der Waals surface area contributed by atoms with Crippen molar-refractivity contribution >= 4 is 66.4 Å². The minimum atomic E-state index is -1.10. The number of rotatable bonds is 15. The van der Waals surface area contributed by atoms with Crippen molar-refractivity contribution in [2.45, 2.75) is 45.5 Å². The molecule has 2 aliphatic heterocycles. The van der Waals surface area contributed by atoms with Crippen LogP contribution in [0.25, 0.3) is 0 Å². The second kappa shape index (κ2) is 22.6. The third kappa shape index (κ3) is 13.6. The molecule has 2 fully saturated rings. The monoisotopic (exact) mass is 958 g/mol. The Hall–Kier alpha value is -5.76. The summed E-state index contributed by atoms with van der Waals surface area (Å²) in [5.41, 5.74) is 1.88. The largest absolute Gasteiger partial charge is 0.360 e. The van der Waals surface area contributed by atoms with Crippen molar-refractivity contribution in [3.63, 3.8) is 0 Å². The van der Waals surface area contributed by atoms with E-state index in [9.17, 15) is 18.4 Å². The maximum atomic E-state index is 14.3. The van der Waals surface area contributed by atoms with Crippen molar-refractivity contribution in [2.24, 2.45) is 0 Å². The molecule has 0 radical (unpaired) electrons. The molecule has 0 aliphatic carbocycles. The fraction of sp³-hybridized carbons (Fsp3) is 0.348. The van der Waals surface area contributed by atoms with Crippen LogP contribution in [0.2, 0.25) is 35.7 Å². The van der Waals surface area contributed by atoms with Gasteiger partial charge in [-0.1, -0.05) is 67.1 Å². The number of amides is 2. The molecule has 6 aromatic rings. The number of aromatic nitrogens is 6. The number of halogens is 4. The van der Waals surface area contributed by atoms with Crippen molar-refractivity contribution in [3.8, 4) is 0 Å². The van der Waals surface area contributed by atoms with E-state index in [1.807, 2.05) is 54.7 Å². The van der Waals surface area contributed by atoms with Crippen molar-refractivity contribution in [3.05, 3.63) is 142 Å². The number of benzene rings is 2. The van der Waals surface area contributed by atoms with Gasteiger partial charge in [0, 0.05) is 98.5 Å². The first-order chi connectivity index (χ1) is 31.8. The molecule has 20 heteroatoms. The third-order valence-corrected chi connectivity index (χ3v) is 13.2. The zero-order chi connectivity index (χ0) is 46.6. The Bertz CT molecular complexity index is 2550. The summed E-state index contributed by atoms with van der Waals surface area (Å²) in [6, 6.07) is 25.5. The highest BCUT2D eigenvalue weighted by atomic mass is 35.5. The molecule has 4 aromatic heterocycles. The Balaban J connectivity index is 0.000000202. The summed E-state index contributed by atoms with van der Waals surface area (Å²) in [5, 5.41) is 17.6. The minimum Gasteiger partial charge on any atom is -0.360 e. The topological polar surface area (TPSA) is 153 Å². The van der Waals surface area contributed by atoms with E-state index in [2.05, 4.69) is 60.4 Å². The highest BCUT2D eigenvalue weighted by Crippen LogP contribution is 2.23. The molecule has 0 atom stereocenters. The number of nitrogens with one attached hydrogen (secondary N) is 3. The number of ether oxygens (including phenoxy) is 1.